The number of halogens is 1. The molecule has 1 fully saturated rings. The summed E-state index contributed by atoms with van der Waals surface area (Å²) in [7, 11) is 0. The van der Waals surface area contributed by atoms with Gasteiger partial charge in [0.25, 0.3) is 0 Å². The minimum atomic E-state index is -0.145. The van der Waals surface area contributed by atoms with Gasteiger partial charge in [-0.15, -0.1) is 0 Å². The number of fused-ring (bicyclic) bond motifs is 1. The van der Waals surface area contributed by atoms with Gasteiger partial charge < -0.3 is 10.6 Å². The Bertz CT molecular complexity index is 424. The van der Waals surface area contributed by atoms with Gasteiger partial charge in [0.2, 0.25) is 0 Å². The molecule has 0 amide bonds. The molecule has 0 atom stereocenters. The lowest BCUT2D eigenvalue weighted by Crippen LogP contribution is -2.47. The molecule has 17 heavy (non-hydrogen) atoms. The van der Waals surface area contributed by atoms with Gasteiger partial charge in [0.1, 0.15) is 5.82 Å². The fourth-order valence-corrected chi connectivity index (χ4v) is 3.20. The summed E-state index contributed by atoms with van der Waals surface area (Å²) in [5.41, 5.74) is 8.67. The second kappa shape index (κ2) is 3.98. The van der Waals surface area contributed by atoms with Crippen LogP contribution in [0.4, 0.5) is 10.1 Å². The first-order chi connectivity index (χ1) is 8.16. The van der Waals surface area contributed by atoms with Crippen molar-refractivity contribution in [3.05, 3.63) is 29.6 Å². The molecule has 2 aliphatic rings. The van der Waals surface area contributed by atoms with Crippen molar-refractivity contribution in [2.24, 2.45) is 5.73 Å². The summed E-state index contributed by atoms with van der Waals surface area (Å²) >= 11 is 0. The Labute approximate surface area is 102 Å². The van der Waals surface area contributed by atoms with E-state index in [-0.39, 0.29) is 11.4 Å². The van der Waals surface area contributed by atoms with Crippen molar-refractivity contribution in [3.8, 4) is 0 Å². The van der Waals surface area contributed by atoms with Gasteiger partial charge in [0, 0.05) is 24.3 Å². The van der Waals surface area contributed by atoms with Crippen molar-refractivity contribution in [3.63, 3.8) is 0 Å². The maximum Gasteiger partial charge on any atom is 0.125 e. The van der Waals surface area contributed by atoms with Gasteiger partial charge >= 0.3 is 0 Å². The molecule has 1 aliphatic carbocycles. The van der Waals surface area contributed by atoms with Crippen LogP contribution in [0.2, 0.25) is 0 Å². The fraction of sp³-hybridized carbons (Fsp3) is 0.571. The van der Waals surface area contributed by atoms with E-state index in [1.54, 1.807) is 12.1 Å². The highest BCUT2D eigenvalue weighted by molar-refractivity contribution is 5.58. The lowest BCUT2D eigenvalue weighted by atomic mass is 9.98. The molecule has 0 bridgehead atoms. The molecule has 92 valence electrons. The van der Waals surface area contributed by atoms with Crippen LogP contribution in [0, 0.1) is 5.82 Å². The molecular weight excluding hydrogens is 215 g/mol. The zero-order valence-electron chi connectivity index (χ0n) is 10.1. The highest BCUT2D eigenvalue weighted by Gasteiger charge is 2.33. The normalized spacial score (nSPS) is 21.9. The van der Waals surface area contributed by atoms with E-state index in [1.165, 1.54) is 18.4 Å². The summed E-state index contributed by atoms with van der Waals surface area (Å²) in [6.07, 6.45) is 5.70. The maximum absolute atomic E-state index is 13.3. The zero-order chi connectivity index (χ0) is 11.9. The smallest absolute Gasteiger partial charge is 0.125 e. The van der Waals surface area contributed by atoms with Gasteiger partial charge in [0.15, 0.2) is 0 Å². The quantitative estimate of drug-likeness (QED) is 0.851. The van der Waals surface area contributed by atoms with Crippen molar-refractivity contribution in [2.45, 2.75) is 37.6 Å². The largest absolute Gasteiger partial charge is 0.369 e. The van der Waals surface area contributed by atoms with Crippen molar-refractivity contribution in [1.82, 2.24) is 0 Å². The summed E-state index contributed by atoms with van der Waals surface area (Å²) in [5, 5.41) is 0. The van der Waals surface area contributed by atoms with Crippen LogP contribution in [0.1, 0.15) is 31.2 Å². The van der Waals surface area contributed by atoms with Crippen LogP contribution >= 0.6 is 0 Å². The topological polar surface area (TPSA) is 29.3 Å². The molecule has 2 N–H and O–H groups in total. The molecule has 1 saturated carbocycles. The average molecular weight is 234 g/mol. The predicted molar refractivity (Wildman–Crippen MR) is 67.7 cm³/mol. The minimum absolute atomic E-state index is 0.0477. The third-order valence-corrected chi connectivity index (χ3v) is 4.14. The second-order valence-electron chi connectivity index (χ2n) is 5.51. The van der Waals surface area contributed by atoms with Crippen molar-refractivity contribution in [1.29, 1.82) is 0 Å². The third kappa shape index (κ3) is 2.04. The molecule has 0 saturated heterocycles. The van der Waals surface area contributed by atoms with Crippen LogP contribution in [0.5, 0.6) is 0 Å². The van der Waals surface area contributed by atoms with Crippen molar-refractivity contribution >= 4 is 5.69 Å². The fourth-order valence-electron chi connectivity index (χ4n) is 3.20. The van der Waals surface area contributed by atoms with E-state index < -0.39 is 0 Å². The molecule has 0 radical (unpaired) electrons. The Balaban J connectivity index is 1.81. The summed E-state index contributed by atoms with van der Waals surface area (Å²) in [6.45, 7) is 1.86. The molecule has 1 aliphatic heterocycles. The van der Waals surface area contributed by atoms with Crippen LogP contribution in [0.25, 0.3) is 0 Å². The van der Waals surface area contributed by atoms with E-state index in [0.29, 0.717) is 0 Å². The van der Waals surface area contributed by atoms with Gasteiger partial charge in [-0.1, -0.05) is 18.9 Å². The van der Waals surface area contributed by atoms with Crippen LogP contribution in [0.15, 0.2) is 18.2 Å². The van der Waals surface area contributed by atoms with Gasteiger partial charge in [-0.3, -0.25) is 0 Å². The number of anilines is 1. The molecule has 0 spiro atoms. The monoisotopic (exact) mass is 234 g/mol. The van der Waals surface area contributed by atoms with Gasteiger partial charge in [-0.25, -0.2) is 4.39 Å². The van der Waals surface area contributed by atoms with Crippen LogP contribution in [-0.4, -0.2) is 18.6 Å². The van der Waals surface area contributed by atoms with Crippen LogP contribution in [-0.2, 0) is 6.42 Å². The molecule has 1 heterocycles. The Kier molecular flexibility index (Phi) is 2.58. The number of benzene rings is 1. The lowest BCUT2D eigenvalue weighted by Gasteiger charge is -2.31. The van der Waals surface area contributed by atoms with Crippen molar-refractivity contribution < 1.29 is 4.39 Å². The number of hydrogen-bond acceptors (Lipinski definition) is 2. The Hall–Kier alpha value is -1.09. The molecule has 0 unspecified atom stereocenters. The first kappa shape index (κ1) is 11.0. The second-order valence-corrected chi connectivity index (χ2v) is 5.51. The number of nitrogens with two attached hydrogens (primary N) is 1. The predicted octanol–water partition coefficient (Wildman–Crippen LogP) is 2.46. The summed E-state index contributed by atoms with van der Waals surface area (Å²) in [4.78, 5) is 2.27. The molecule has 2 nitrogen and oxygen atoms in total. The SMILES string of the molecule is NC1(CN2CCc3ccc(F)cc32)CCCC1. The van der Waals surface area contributed by atoms with Crippen molar-refractivity contribution in [2.75, 3.05) is 18.0 Å². The van der Waals surface area contributed by atoms with E-state index in [9.17, 15) is 4.39 Å². The maximum atomic E-state index is 13.3. The van der Waals surface area contributed by atoms with Gasteiger partial charge in [-0.2, -0.15) is 0 Å². The number of hydrogen-bond donors (Lipinski definition) is 1. The Morgan fingerprint density at radius 1 is 1.29 bits per heavy atom. The standard InChI is InChI=1S/C14H19FN2/c15-12-4-3-11-5-8-17(13(11)9-12)10-14(16)6-1-2-7-14/h3-4,9H,1-2,5-8,10,16H2. The number of rotatable bonds is 2. The Morgan fingerprint density at radius 3 is 2.82 bits per heavy atom. The van der Waals surface area contributed by atoms with Gasteiger partial charge in [0.05, 0.1) is 0 Å². The lowest BCUT2D eigenvalue weighted by molar-refractivity contribution is 0.437. The molecule has 3 heteroatoms. The van der Waals surface area contributed by atoms with E-state index >= 15 is 0 Å². The Morgan fingerprint density at radius 2 is 2.06 bits per heavy atom. The molecule has 0 aromatic heterocycles. The summed E-state index contributed by atoms with van der Waals surface area (Å²) in [6, 6.07) is 5.11. The molecule has 1 aromatic rings. The first-order valence-corrected chi connectivity index (χ1v) is 6.49. The molecule has 3 rings (SSSR count). The first-order valence-electron chi connectivity index (χ1n) is 6.49. The van der Waals surface area contributed by atoms with E-state index in [2.05, 4.69) is 4.90 Å². The average Bonchev–Trinajstić information content (AvgIpc) is 2.87. The summed E-state index contributed by atoms with van der Waals surface area (Å²) in [5.74, 6) is -0.145. The molecular formula is C14H19FN2. The van der Waals surface area contributed by atoms with E-state index in [0.717, 1.165) is 38.0 Å². The number of nitrogens with zero attached hydrogens (tertiary/aromatic N) is 1. The summed E-state index contributed by atoms with van der Waals surface area (Å²) < 4.78 is 13.3. The highest BCUT2D eigenvalue weighted by atomic mass is 19.1. The van der Waals surface area contributed by atoms with Crippen LogP contribution in [0.3, 0.4) is 0 Å². The third-order valence-electron chi connectivity index (χ3n) is 4.14. The highest BCUT2D eigenvalue weighted by Crippen LogP contribution is 2.34. The zero-order valence-corrected chi connectivity index (χ0v) is 10.1. The van der Waals surface area contributed by atoms with E-state index in [1.807, 2.05) is 6.07 Å². The molecule has 1 aromatic carbocycles. The van der Waals surface area contributed by atoms with Crippen LogP contribution < -0.4 is 10.6 Å². The van der Waals surface area contributed by atoms with E-state index in [4.69, 9.17) is 5.73 Å². The van der Waals surface area contributed by atoms with Gasteiger partial charge in [-0.05, 0) is 37.0 Å². The minimum Gasteiger partial charge on any atom is -0.369 e.